The number of amides is 2. The molecule has 0 saturated carbocycles. The van der Waals surface area contributed by atoms with Crippen LogP contribution in [0.3, 0.4) is 0 Å². The Labute approximate surface area is 130 Å². The molecule has 21 heavy (non-hydrogen) atoms. The molecule has 2 amide bonds. The van der Waals surface area contributed by atoms with Crippen molar-refractivity contribution in [3.8, 4) is 0 Å². The summed E-state index contributed by atoms with van der Waals surface area (Å²) in [5.74, 6) is 0.479. The van der Waals surface area contributed by atoms with E-state index in [1.807, 2.05) is 24.4 Å². The maximum Gasteiger partial charge on any atom is 0.315 e. The first-order valence-electron chi connectivity index (χ1n) is 7.19. The smallest absolute Gasteiger partial charge is 0.315 e. The third-order valence-corrected chi connectivity index (χ3v) is 3.96. The third kappa shape index (κ3) is 6.93. The summed E-state index contributed by atoms with van der Waals surface area (Å²) in [4.78, 5) is 12.6. The molecule has 1 rings (SSSR count). The molecule has 1 aromatic rings. The van der Waals surface area contributed by atoms with Gasteiger partial charge in [0, 0.05) is 11.5 Å². The van der Waals surface area contributed by atoms with Crippen LogP contribution in [-0.4, -0.2) is 36.9 Å². The van der Waals surface area contributed by atoms with Crippen LogP contribution in [0, 0.1) is 5.92 Å². The summed E-state index contributed by atoms with van der Waals surface area (Å²) in [7, 11) is 0. The van der Waals surface area contributed by atoms with Crippen molar-refractivity contribution in [3.05, 3.63) is 22.4 Å². The van der Waals surface area contributed by atoms with Crippen molar-refractivity contribution >= 4 is 17.4 Å². The zero-order chi connectivity index (χ0) is 15.9. The van der Waals surface area contributed by atoms with Gasteiger partial charge in [0.1, 0.15) is 5.60 Å². The van der Waals surface area contributed by atoms with Crippen LogP contribution >= 0.6 is 11.3 Å². The lowest BCUT2D eigenvalue weighted by atomic mass is 10.1. The molecule has 0 spiro atoms. The predicted octanol–water partition coefficient (Wildman–Crippen LogP) is 2.32. The number of carbonyl (C=O) groups excluding carboxylic acids is 1. The first-order chi connectivity index (χ1) is 9.81. The van der Waals surface area contributed by atoms with Crippen LogP contribution in [0.4, 0.5) is 4.79 Å². The van der Waals surface area contributed by atoms with Crippen LogP contribution in [0.15, 0.2) is 17.5 Å². The summed E-state index contributed by atoms with van der Waals surface area (Å²) in [6.07, 6.45) is 0. The number of urea groups is 1. The van der Waals surface area contributed by atoms with Gasteiger partial charge in [0.05, 0.1) is 19.2 Å². The van der Waals surface area contributed by atoms with Crippen LogP contribution in [0.1, 0.15) is 32.6 Å². The van der Waals surface area contributed by atoms with Crippen molar-refractivity contribution in [1.82, 2.24) is 10.6 Å². The van der Waals surface area contributed by atoms with Gasteiger partial charge in [0.25, 0.3) is 0 Å². The van der Waals surface area contributed by atoms with E-state index in [9.17, 15) is 9.90 Å². The van der Waals surface area contributed by atoms with Gasteiger partial charge in [0.2, 0.25) is 0 Å². The van der Waals surface area contributed by atoms with Crippen molar-refractivity contribution in [2.24, 2.45) is 5.92 Å². The van der Waals surface area contributed by atoms with Crippen LogP contribution in [0.5, 0.6) is 0 Å². The molecule has 3 N–H and O–H groups in total. The fraction of sp³-hybridized carbons (Fsp3) is 0.667. The Morgan fingerprint density at radius 2 is 2.14 bits per heavy atom. The van der Waals surface area contributed by atoms with Crippen LogP contribution in [0.25, 0.3) is 0 Å². The lowest BCUT2D eigenvalue weighted by Crippen LogP contribution is -2.47. The van der Waals surface area contributed by atoms with Gasteiger partial charge in [-0.3, -0.25) is 0 Å². The lowest BCUT2D eigenvalue weighted by Gasteiger charge is -2.23. The van der Waals surface area contributed by atoms with Gasteiger partial charge in [-0.1, -0.05) is 19.9 Å². The third-order valence-electron chi connectivity index (χ3n) is 2.84. The van der Waals surface area contributed by atoms with E-state index in [0.717, 1.165) is 4.88 Å². The molecule has 0 saturated heterocycles. The zero-order valence-electron chi connectivity index (χ0n) is 13.2. The second-order valence-corrected chi connectivity index (χ2v) is 6.86. The average molecular weight is 314 g/mol. The van der Waals surface area contributed by atoms with Gasteiger partial charge in [-0.2, -0.15) is 0 Å². The summed E-state index contributed by atoms with van der Waals surface area (Å²) in [5.41, 5.74) is -1.05. The normalized spacial score (nSPS) is 15.5. The number of nitrogens with one attached hydrogen (secondary N) is 2. The molecule has 0 aliphatic rings. The van der Waals surface area contributed by atoms with Crippen molar-refractivity contribution in [3.63, 3.8) is 0 Å². The summed E-state index contributed by atoms with van der Waals surface area (Å²) in [5, 5.41) is 17.7. The highest BCUT2D eigenvalue weighted by atomic mass is 32.1. The highest BCUT2D eigenvalue weighted by Crippen LogP contribution is 2.24. The molecule has 0 aliphatic heterocycles. The quantitative estimate of drug-likeness (QED) is 0.689. The van der Waals surface area contributed by atoms with Crippen molar-refractivity contribution in [2.45, 2.75) is 39.3 Å². The van der Waals surface area contributed by atoms with Crippen molar-refractivity contribution in [2.75, 3.05) is 19.8 Å². The minimum atomic E-state index is -1.05. The SMILES string of the molecule is CC(C)COC[C@H](C)NC(=O)NC[C@](C)(O)c1cccs1. The first-order valence-corrected chi connectivity index (χ1v) is 8.07. The molecule has 0 bridgehead atoms. The van der Waals surface area contributed by atoms with Gasteiger partial charge in [-0.15, -0.1) is 11.3 Å². The Balaban J connectivity index is 2.27. The topological polar surface area (TPSA) is 70.6 Å². The maximum absolute atomic E-state index is 11.8. The van der Waals surface area contributed by atoms with Crippen LogP contribution in [-0.2, 0) is 10.3 Å². The molecule has 1 heterocycles. The summed E-state index contributed by atoms with van der Waals surface area (Å²) in [6, 6.07) is 3.36. The molecule has 6 heteroatoms. The fourth-order valence-electron chi connectivity index (χ4n) is 1.72. The lowest BCUT2D eigenvalue weighted by molar-refractivity contribution is 0.0623. The number of hydrogen-bond donors (Lipinski definition) is 3. The first kappa shape index (κ1) is 17.9. The number of rotatable bonds is 8. The predicted molar refractivity (Wildman–Crippen MR) is 85.5 cm³/mol. The van der Waals surface area contributed by atoms with Crippen molar-refractivity contribution < 1.29 is 14.6 Å². The van der Waals surface area contributed by atoms with Crippen LogP contribution < -0.4 is 10.6 Å². The Kier molecular flexibility index (Phi) is 7.14. The summed E-state index contributed by atoms with van der Waals surface area (Å²) < 4.78 is 5.47. The standard InChI is InChI=1S/C15H26N2O3S/c1-11(2)8-20-9-12(3)17-14(18)16-10-15(4,19)13-6-5-7-21-13/h5-7,11-12,19H,8-10H2,1-4H3,(H2,16,17,18)/t12-,15-/m0/s1. The van der Waals surface area contributed by atoms with E-state index in [1.54, 1.807) is 6.92 Å². The average Bonchev–Trinajstić information content (AvgIpc) is 2.90. The van der Waals surface area contributed by atoms with E-state index >= 15 is 0 Å². The van der Waals surface area contributed by atoms with E-state index in [2.05, 4.69) is 24.5 Å². The van der Waals surface area contributed by atoms with E-state index in [1.165, 1.54) is 11.3 Å². The molecule has 1 aromatic heterocycles. The number of thiophene rings is 1. The van der Waals surface area contributed by atoms with Gasteiger partial charge < -0.3 is 20.5 Å². The van der Waals surface area contributed by atoms with Gasteiger partial charge in [-0.25, -0.2) is 4.79 Å². The monoisotopic (exact) mass is 314 g/mol. The molecule has 0 unspecified atom stereocenters. The Hall–Kier alpha value is -1.11. The largest absolute Gasteiger partial charge is 0.383 e. The number of hydrogen-bond acceptors (Lipinski definition) is 4. The minimum Gasteiger partial charge on any atom is -0.383 e. The molecule has 0 aromatic carbocycles. The minimum absolute atomic E-state index is 0.0737. The zero-order valence-corrected chi connectivity index (χ0v) is 14.0. The Morgan fingerprint density at radius 3 is 2.71 bits per heavy atom. The molecule has 0 radical (unpaired) electrons. The summed E-state index contributed by atoms with van der Waals surface area (Å²) >= 11 is 1.47. The number of aliphatic hydroxyl groups is 1. The molecular formula is C15H26N2O3S. The van der Waals surface area contributed by atoms with Gasteiger partial charge in [0.15, 0.2) is 0 Å². The van der Waals surface area contributed by atoms with E-state index in [-0.39, 0.29) is 18.6 Å². The van der Waals surface area contributed by atoms with Gasteiger partial charge >= 0.3 is 6.03 Å². The van der Waals surface area contributed by atoms with E-state index in [0.29, 0.717) is 19.1 Å². The molecule has 0 fully saturated rings. The number of carbonyl (C=O) groups is 1. The Morgan fingerprint density at radius 1 is 1.43 bits per heavy atom. The molecule has 0 aliphatic carbocycles. The molecule has 2 atom stereocenters. The second kappa shape index (κ2) is 8.36. The van der Waals surface area contributed by atoms with Crippen molar-refractivity contribution in [1.29, 1.82) is 0 Å². The molecular weight excluding hydrogens is 288 g/mol. The van der Waals surface area contributed by atoms with Gasteiger partial charge in [-0.05, 0) is 31.2 Å². The highest BCUT2D eigenvalue weighted by Gasteiger charge is 2.25. The van der Waals surface area contributed by atoms with Crippen LogP contribution in [0.2, 0.25) is 0 Å². The second-order valence-electron chi connectivity index (χ2n) is 5.91. The Bertz CT molecular complexity index is 419. The maximum atomic E-state index is 11.8. The molecule has 5 nitrogen and oxygen atoms in total. The van der Waals surface area contributed by atoms with E-state index in [4.69, 9.17) is 4.74 Å². The fourth-order valence-corrected chi connectivity index (χ4v) is 2.51. The van der Waals surface area contributed by atoms with E-state index < -0.39 is 5.60 Å². The molecule has 120 valence electrons. The highest BCUT2D eigenvalue weighted by molar-refractivity contribution is 7.10. The number of ether oxygens (including phenoxy) is 1. The summed E-state index contributed by atoms with van der Waals surface area (Å²) in [6.45, 7) is 9.06.